The molecule has 0 spiro atoms. The minimum atomic E-state index is -1.76. The van der Waals surface area contributed by atoms with E-state index in [2.05, 4.69) is 0 Å². The number of allylic oxidation sites excluding steroid dienone is 4. The van der Waals surface area contributed by atoms with Crippen LogP contribution in [0, 0.1) is 0 Å². The van der Waals surface area contributed by atoms with Crippen LogP contribution in [0.5, 0.6) is 0 Å². The maximum atomic E-state index is 11.9. The first-order valence-electron chi connectivity index (χ1n) is 5.62. The Bertz CT molecular complexity index is 261. The quantitative estimate of drug-likeness (QED) is 0.666. The fourth-order valence-corrected chi connectivity index (χ4v) is 1.97. The van der Waals surface area contributed by atoms with Gasteiger partial charge >= 0.3 is 5.97 Å². The smallest absolute Gasteiger partial charge is 0.395 e. The third-order valence-corrected chi connectivity index (χ3v) is 2.63. The lowest BCUT2D eigenvalue weighted by atomic mass is 10.3. The number of hydrogen-bond acceptors (Lipinski definition) is 2. The molecule has 83 valence electrons. The predicted octanol–water partition coefficient (Wildman–Crippen LogP) is 3.26. The summed E-state index contributed by atoms with van der Waals surface area (Å²) in [6, 6.07) is 0. The summed E-state index contributed by atoms with van der Waals surface area (Å²) in [4.78, 5) is 0. The van der Waals surface area contributed by atoms with Crippen molar-refractivity contribution in [1.29, 1.82) is 0 Å². The van der Waals surface area contributed by atoms with Gasteiger partial charge < -0.3 is 9.47 Å². The first kappa shape index (κ1) is 10.6. The van der Waals surface area contributed by atoms with Crippen LogP contribution in [-0.2, 0) is 14.6 Å². The molecule has 0 fully saturated rings. The molecule has 0 heterocycles. The molecule has 0 aromatic carbocycles. The minimum Gasteiger partial charge on any atom is -0.433 e. The van der Waals surface area contributed by atoms with Crippen LogP contribution in [0.15, 0.2) is 23.7 Å². The van der Waals surface area contributed by atoms with Crippen LogP contribution in [0.25, 0.3) is 0 Å². The van der Waals surface area contributed by atoms with Crippen LogP contribution < -0.4 is 0 Å². The van der Waals surface area contributed by atoms with Crippen molar-refractivity contribution in [2.45, 2.75) is 51.4 Å². The SMILES string of the molecule is CC([O])(OC1=CCCC1)OC1=CCCC1. The van der Waals surface area contributed by atoms with Gasteiger partial charge in [0.15, 0.2) is 0 Å². The van der Waals surface area contributed by atoms with Crippen LogP contribution in [0.4, 0.5) is 0 Å². The monoisotopic (exact) mass is 209 g/mol. The normalized spacial score (nSPS) is 21.2. The molecule has 0 aliphatic heterocycles. The summed E-state index contributed by atoms with van der Waals surface area (Å²) in [7, 11) is 0. The molecule has 0 aromatic rings. The number of ether oxygens (including phenoxy) is 2. The van der Waals surface area contributed by atoms with Crippen molar-refractivity contribution in [3.05, 3.63) is 23.7 Å². The number of rotatable bonds is 4. The zero-order valence-electron chi connectivity index (χ0n) is 9.12. The molecule has 2 aliphatic carbocycles. The fraction of sp³-hybridized carbons (Fsp3) is 0.667. The lowest BCUT2D eigenvalue weighted by molar-refractivity contribution is -0.347. The molecular formula is C12H17O3. The van der Waals surface area contributed by atoms with Gasteiger partial charge in [-0.15, -0.1) is 5.11 Å². The van der Waals surface area contributed by atoms with Gasteiger partial charge in [-0.05, 0) is 37.8 Å². The maximum absolute atomic E-state index is 11.9. The second kappa shape index (κ2) is 4.27. The van der Waals surface area contributed by atoms with Crippen LogP contribution >= 0.6 is 0 Å². The molecular weight excluding hydrogens is 192 g/mol. The van der Waals surface area contributed by atoms with Crippen molar-refractivity contribution in [3.8, 4) is 0 Å². The number of hydrogen-bond donors (Lipinski definition) is 0. The van der Waals surface area contributed by atoms with E-state index in [-0.39, 0.29) is 0 Å². The van der Waals surface area contributed by atoms with Gasteiger partial charge in [0.2, 0.25) is 0 Å². The van der Waals surface area contributed by atoms with Crippen LogP contribution in [-0.4, -0.2) is 5.97 Å². The van der Waals surface area contributed by atoms with Gasteiger partial charge in [0, 0.05) is 19.8 Å². The van der Waals surface area contributed by atoms with E-state index in [1.165, 1.54) is 6.92 Å². The van der Waals surface area contributed by atoms with Gasteiger partial charge in [-0.1, -0.05) is 0 Å². The summed E-state index contributed by atoms with van der Waals surface area (Å²) < 4.78 is 10.6. The Hall–Kier alpha value is -0.960. The van der Waals surface area contributed by atoms with E-state index in [1.807, 2.05) is 12.2 Å². The first-order valence-corrected chi connectivity index (χ1v) is 5.62. The highest BCUT2D eigenvalue weighted by Crippen LogP contribution is 2.28. The van der Waals surface area contributed by atoms with Crippen molar-refractivity contribution in [2.24, 2.45) is 0 Å². The van der Waals surface area contributed by atoms with E-state index in [1.54, 1.807) is 0 Å². The van der Waals surface area contributed by atoms with E-state index in [4.69, 9.17) is 9.47 Å². The topological polar surface area (TPSA) is 38.4 Å². The van der Waals surface area contributed by atoms with Crippen molar-refractivity contribution in [1.82, 2.24) is 0 Å². The zero-order chi connectivity index (χ0) is 10.7. The Morgan fingerprint density at radius 1 is 1.07 bits per heavy atom. The van der Waals surface area contributed by atoms with Gasteiger partial charge in [0.05, 0.1) is 11.5 Å². The lowest BCUT2D eigenvalue weighted by Gasteiger charge is -2.24. The Kier molecular flexibility index (Phi) is 3.00. The lowest BCUT2D eigenvalue weighted by Crippen LogP contribution is -2.29. The standard InChI is InChI=1S/C12H17O3/c1-12(13,14-10-6-2-3-7-10)15-11-8-4-5-9-11/h6,8H,2-5,7,9H2,1H3. The summed E-state index contributed by atoms with van der Waals surface area (Å²) in [6.07, 6.45) is 9.84. The molecule has 2 rings (SSSR count). The third-order valence-electron chi connectivity index (χ3n) is 2.63. The van der Waals surface area contributed by atoms with E-state index < -0.39 is 5.97 Å². The molecule has 0 bridgehead atoms. The van der Waals surface area contributed by atoms with Crippen molar-refractivity contribution < 1.29 is 14.6 Å². The maximum Gasteiger partial charge on any atom is 0.395 e. The van der Waals surface area contributed by atoms with Gasteiger partial charge in [0.1, 0.15) is 0 Å². The molecule has 0 atom stereocenters. The summed E-state index contributed by atoms with van der Waals surface area (Å²) in [5, 5.41) is 11.9. The van der Waals surface area contributed by atoms with Crippen LogP contribution in [0.1, 0.15) is 45.4 Å². The first-order chi connectivity index (χ1) is 7.16. The molecule has 1 radical (unpaired) electrons. The second-order valence-electron chi connectivity index (χ2n) is 4.19. The average molecular weight is 209 g/mol. The molecule has 0 amide bonds. The molecule has 0 saturated heterocycles. The largest absolute Gasteiger partial charge is 0.433 e. The predicted molar refractivity (Wildman–Crippen MR) is 55.1 cm³/mol. The van der Waals surface area contributed by atoms with Crippen molar-refractivity contribution in [3.63, 3.8) is 0 Å². The fourth-order valence-electron chi connectivity index (χ4n) is 1.97. The highest BCUT2D eigenvalue weighted by Gasteiger charge is 2.30. The molecule has 3 nitrogen and oxygen atoms in total. The van der Waals surface area contributed by atoms with E-state index in [9.17, 15) is 5.11 Å². The second-order valence-corrected chi connectivity index (χ2v) is 4.19. The highest BCUT2D eigenvalue weighted by atomic mass is 16.8. The van der Waals surface area contributed by atoms with Gasteiger partial charge in [-0.2, -0.15) is 0 Å². The molecule has 0 unspecified atom stereocenters. The Labute approximate surface area is 90.4 Å². The molecule has 0 N–H and O–H groups in total. The Balaban J connectivity index is 1.87. The zero-order valence-corrected chi connectivity index (χ0v) is 9.12. The average Bonchev–Trinajstić information content (AvgIpc) is 2.75. The summed E-state index contributed by atoms with van der Waals surface area (Å²) in [5.74, 6) is -0.191. The molecule has 0 aromatic heterocycles. The van der Waals surface area contributed by atoms with Crippen LogP contribution in [0.2, 0.25) is 0 Å². The molecule has 0 saturated carbocycles. The van der Waals surface area contributed by atoms with Crippen molar-refractivity contribution in [2.75, 3.05) is 0 Å². The third kappa shape index (κ3) is 2.99. The summed E-state index contributed by atoms with van der Waals surface area (Å²) >= 11 is 0. The highest BCUT2D eigenvalue weighted by molar-refractivity contribution is 5.02. The summed E-state index contributed by atoms with van der Waals surface area (Å²) in [5.41, 5.74) is 0. The van der Waals surface area contributed by atoms with Gasteiger partial charge in [0.25, 0.3) is 0 Å². The molecule has 3 heteroatoms. The van der Waals surface area contributed by atoms with Gasteiger partial charge in [-0.25, -0.2) is 0 Å². The molecule has 15 heavy (non-hydrogen) atoms. The van der Waals surface area contributed by atoms with Crippen LogP contribution in [0.3, 0.4) is 0 Å². The van der Waals surface area contributed by atoms with Gasteiger partial charge in [-0.3, -0.25) is 0 Å². The Morgan fingerprint density at radius 2 is 1.53 bits per heavy atom. The Morgan fingerprint density at radius 3 is 1.87 bits per heavy atom. The van der Waals surface area contributed by atoms with E-state index in [0.717, 1.165) is 50.0 Å². The minimum absolute atomic E-state index is 0.783. The van der Waals surface area contributed by atoms with Crippen molar-refractivity contribution >= 4 is 0 Å². The van der Waals surface area contributed by atoms with E-state index >= 15 is 0 Å². The molecule has 2 aliphatic rings. The summed E-state index contributed by atoms with van der Waals surface area (Å²) in [6.45, 7) is 1.44. The van der Waals surface area contributed by atoms with E-state index in [0.29, 0.717) is 0 Å².